The second kappa shape index (κ2) is 8.01. The third-order valence-electron chi connectivity index (χ3n) is 7.55. The lowest BCUT2D eigenvalue weighted by atomic mass is 9.86. The normalized spacial score (nSPS) is 27.1. The second-order valence-electron chi connectivity index (χ2n) is 11.2. The summed E-state index contributed by atoms with van der Waals surface area (Å²) in [7, 11) is 0. The van der Waals surface area contributed by atoms with E-state index in [9.17, 15) is 10.4 Å². The zero-order valence-corrected chi connectivity index (χ0v) is 20.9. The lowest BCUT2D eigenvalue weighted by Crippen LogP contribution is -2.48. The Bertz CT molecular complexity index is 840. The molecule has 0 amide bonds. The van der Waals surface area contributed by atoms with E-state index in [1.165, 1.54) is 10.1 Å². The highest BCUT2D eigenvalue weighted by Gasteiger charge is 2.51. The van der Waals surface area contributed by atoms with Crippen molar-refractivity contribution in [2.75, 3.05) is 13.1 Å². The Hall–Kier alpha value is -1.16. The molecule has 0 radical (unpaired) electrons. The second-order valence-corrected chi connectivity index (χ2v) is 11.4. The van der Waals surface area contributed by atoms with Crippen LogP contribution >= 0.6 is 0 Å². The van der Waals surface area contributed by atoms with E-state index in [1.807, 2.05) is 33.8 Å². The number of benzene rings is 1. The minimum atomic E-state index is -0.512. The van der Waals surface area contributed by atoms with E-state index in [2.05, 4.69) is 49.7 Å². The van der Waals surface area contributed by atoms with Gasteiger partial charge >= 0.3 is 0 Å². The molecule has 1 fully saturated rings. The Morgan fingerprint density at radius 2 is 1.68 bits per heavy atom. The average molecular weight is 451 g/mol. The van der Waals surface area contributed by atoms with E-state index in [0.717, 1.165) is 29.7 Å². The maximum atomic E-state index is 10.7. The van der Waals surface area contributed by atoms with Crippen LogP contribution in [0.1, 0.15) is 84.6 Å². The summed E-state index contributed by atoms with van der Waals surface area (Å²) >= 11 is 4.75. The highest BCUT2D eigenvalue weighted by Crippen LogP contribution is 2.48. The Morgan fingerprint density at radius 1 is 1.06 bits per heavy atom. The summed E-state index contributed by atoms with van der Waals surface area (Å²) in [6, 6.07) is 6.19. The molecule has 2 atom stereocenters. The molecule has 1 aromatic rings. The summed E-state index contributed by atoms with van der Waals surface area (Å²) < 4.78 is 3.54. The molecule has 31 heavy (non-hydrogen) atoms. The van der Waals surface area contributed by atoms with E-state index < -0.39 is 11.1 Å². The number of hydroxylamine groups is 4. The van der Waals surface area contributed by atoms with Crippen molar-refractivity contribution in [3.63, 3.8) is 0 Å². The third-order valence-corrected chi connectivity index (χ3v) is 7.63. The monoisotopic (exact) mass is 450 g/mol. The molecule has 7 nitrogen and oxygen atoms in total. The Morgan fingerprint density at radius 3 is 2.23 bits per heavy atom. The van der Waals surface area contributed by atoms with Crippen LogP contribution in [0.3, 0.4) is 0 Å². The van der Waals surface area contributed by atoms with Crippen molar-refractivity contribution in [1.29, 1.82) is 0 Å². The molecule has 174 valence electrons. The minimum absolute atomic E-state index is 0.254. The zero-order valence-electron chi connectivity index (χ0n) is 20.1. The fourth-order valence-corrected chi connectivity index (χ4v) is 5.70. The molecule has 1 aromatic carbocycles. The molecule has 2 aliphatic rings. The summed E-state index contributed by atoms with van der Waals surface area (Å²) in [4.78, 5) is 5.55. The molecule has 0 aromatic heterocycles. The lowest BCUT2D eigenvalue weighted by molar-refractivity contribution is -0.216. The first-order chi connectivity index (χ1) is 14.2. The molecule has 1 saturated heterocycles. The van der Waals surface area contributed by atoms with Crippen LogP contribution in [0.5, 0.6) is 0 Å². The van der Waals surface area contributed by atoms with Crippen LogP contribution in [0.2, 0.25) is 0 Å². The van der Waals surface area contributed by atoms with Gasteiger partial charge in [-0.15, -0.1) is 0 Å². The number of rotatable bonds is 7. The quantitative estimate of drug-likeness (QED) is 0.531. The summed E-state index contributed by atoms with van der Waals surface area (Å²) in [5.41, 5.74) is 1.59. The van der Waals surface area contributed by atoms with Crippen LogP contribution in [0.4, 0.5) is 0 Å². The molecule has 0 saturated carbocycles. The molecule has 0 aliphatic carbocycles. The van der Waals surface area contributed by atoms with Crippen LogP contribution in [-0.2, 0) is 28.3 Å². The fourth-order valence-electron chi connectivity index (χ4n) is 5.60. The maximum Gasteiger partial charge on any atom is 0.165 e. The Kier molecular flexibility index (Phi) is 6.32. The van der Waals surface area contributed by atoms with Gasteiger partial charge in [0.15, 0.2) is 6.10 Å². The molecule has 2 aliphatic heterocycles. The topological polar surface area (TPSA) is 80.6 Å². The third kappa shape index (κ3) is 4.03. The van der Waals surface area contributed by atoms with Crippen molar-refractivity contribution in [2.45, 2.75) is 90.1 Å². The van der Waals surface area contributed by atoms with Crippen LogP contribution in [-0.4, -0.2) is 44.7 Å². The number of hydrogen-bond donors (Lipinski definition) is 3. The number of nitrogens with one attached hydrogen (secondary N) is 1. The molecule has 3 rings (SSSR count). The molecule has 0 spiro atoms. The molecular formula is C23H38N4O3S. The van der Waals surface area contributed by atoms with Gasteiger partial charge in [0.1, 0.15) is 0 Å². The fraction of sp³-hybridized carbons (Fsp3) is 0.739. The van der Waals surface area contributed by atoms with Gasteiger partial charge in [-0.25, -0.2) is 0 Å². The molecule has 2 heterocycles. The van der Waals surface area contributed by atoms with Gasteiger partial charge in [-0.05, 0) is 95.0 Å². The van der Waals surface area contributed by atoms with Gasteiger partial charge in [-0.1, -0.05) is 12.1 Å². The van der Waals surface area contributed by atoms with E-state index in [4.69, 9.17) is 17.3 Å². The van der Waals surface area contributed by atoms with E-state index in [0.29, 0.717) is 6.54 Å². The number of nitrogens with zero attached hydrogens (tertiary/aromatic N) is 3. The predicted molar refractivity (Wildman–Crippen MR) is 122 cm³/mol. The van der Waals surface area contributed by atoms with Gasteiger partial charge in [0.2, 0.25) is 0 Å². The largest absolute Gasteiger partial charge is 0.376 e. The summed E-state index contributed by atoms with van der Waals surface area (Å²) in [5.74, 6) is 0.288. The first-order valence-corrected chi connectivity index (χ1v) is 11.4. The first kappa shape index (κ1) is 24.5. The summed E-state index contributed by atoms with van der Waals surface area (Å²) in [5, 5.41) is 27.7. The first-order valence-electron chi connectivity index (χ1n) is 11.0. The van der Waals surface area contributed by atoms with Gasteiger partial charge in [-0.2, -0.15) is 10.1 Å². The lowest BCUT2D eigenvalue weighted by Gasteiger charge is -2.36. The highest BCUT2D eigenvalue weighted by molar-refractivity contribution is 7.47. The van der Waals surface area contributed by atoms with Crippen molar-refractivity contribution < 1.29 is 15.3 Å². The number of fused-ring (bicyclic) bond motifs is 1. The van der Waals surface area contributed by atoms with Crippen molar-refractivity contribution >= 4 is 12.4 Å². The van der Waals surface area contributed by atoms with E-state index in [-0.39, 0.29) is 23.1 Å². The summed E-state index contributed by atoms with van der Waals surface area (Å²) in [6.07, 6.45) is 0.562. The molecular weight excluding hydrogens is 412 g/mol. The molecule has 8 heteroatoms. The smallest absolute Gasteiger partial charge is 0.165 e. The molecule has 2 unspecified atom stereocenters. The maximum absolute atomic E-state index is 10.7. The van der Waals surface area contributed by atoms with Gasteiger partial charge < -0.3 is 20.6 Å². The van der Waals surface area contributed by atoms with Crippen molar-refractivity contribution in [1.82, 2.24) is 15.4 Å². The predicted octanol–water partition coefficient (Wildman–Crippen LogP) is 4.42. The van der Waals surface area contributed by atoms with Gasteiger partial charge in [0.05, 0.1) is 23.5 Å². The van der Waals surface area contributed by atoms with Crippen LogP contribution in [0.15, 0.2) is 22.7 Å². The Balaban J connectivity index is 1.76. The highest BCUT2D eigenvalue weighted by atomic mass is 32.1. The minimum Gasteiger partial charge on any atom is -0.376 e. The van der Waals surface area contributed by atoms with E-state index >= 15 is 0 Å². The number of hydrogen-bond acceptors (Lipinski definition) is 8. The molecule has 0 bridgehead atoms. The van der Waals surface area contributed by atoms with E-state index in [1.54, 1.807) is 0 Å². The SMILES string of the molecule is CC1(C)CC(CNCC(ON=S)c2ccc3c(c2)C(C)(C)N(O)C3(C)C)C(C)(C)N1O. The van der Waals surface area contributed by atoms with Crippen molar-refractivity contribution in [2.24, 2.45) is 10.4 Å². The average Bonchev–Trinajstić information content (AvgIpc) is 2.93. The van der Waals surface area contributed by atoms with Crippen molar-refractivity contribution in [3.8, 4) is 0 Å². The van der Waals surface area contributed by atoms with Gasteiger partial charge in [0.25, 0.3) is 0 Å². The van der Waals surface area contributed by atoms with Crippen LogP contribution in [0, 0.1) is 5.92 Å². The Labute approximate surface area is 191 Å². The van der Waals surface area contributed by atoms with Gasteiger partial charge in [0, 0.05) is 24.2 Å². The van der Waals surface area contributed by atoms with Crippen LogP contribution in [0.25, 0.3) is 0 Å². The van der Waals surface area contributed by atoms with Crippen LogP contribution < -0.4 is 5.32 Å². The molecule has 3 N–H and O–H groups in total. The van der Waals surface area contributed by atoms with Crippen molar-refractivity contribution in [3.05, 3.63) is 34.9 Å². The summed E-state index contributed by atoms with van der Waals surface area (Å²) in [6.45, 7) is 17.6. The standard InChI is InChI=1S/C23H38N4O3S/c1-20(2)12-16(21(3,4)26(20)28)13-24-14-19(30-25-31)15-9-10-17-18(11-15)23(7,8)27(29)22(17,5)6/h9-11,16,19,24,28-29H,12-14H2,1-8H3. The zero-order chi connectivity index (χ0) is 23.4. The van der Waals surface area contributed by atoms with Gasteiger partial charge in [-0.3, -0.25) is 0 Å².